The van der Waals surface area contributed by atoms with Crippen LogP contribution in [0.2, 0.25) is 10.0 Å². The van der Waals surface area contributed by atoms with E-state index in [9.17, 15) is 19.2 Å². The van der Waals surface area contributed by atoms with Gasteiger partial charge in [-0.25, -0.2) is 4.79 Å². The maximum atomic E-state index is 14.1. The van der Waals surface area contributed by atoms with Gasteiger partial charge in [-0.05, 0) is 73.9 Å². The Morgan fingerprint density at radius 1 is 1.02 bits per heavy atom. The van der Waals surface area contributed by atoms with Crippen LogP contribution >= 0.6 is 23.2 Å². The second kappa shape index (κ2) is 14.1. The molecule has 3 atom stereocenters. The molecule has 0 radical (unpaired) electrons. The van der Waals surface area contributed by atoms with Gasteiger partial charge in [-0.3, -0.25) is 14.5 Å². The van der Waals surface area contributed by atoms with Crippen LogP contribution in [-0.2, 0) is 19.8 Å². The van der Waals surface area contributed by atoms with Crippen molar-refractivity contribution in [2.45, 2.75) is 81.7 Å². The number of rotatable bonds is 12. The lowest BCUT2D eigenvalue weighted by Gasteiger charge is -2.36. The fourth-order valence-electron chi connectivity index (χ4n) is 6.54. The summed E-state index contributed by atoms with van der Waals surface area (Å²) in [6.45, 7) is 0.816. The first kappa shape index (κ1) is 31.3. The molecule has 0 spiro atoms. The number of ether oxygens (including phenoxy) is 1. The zero-order valence-electron chi connectivity index (χ0n) is 24.2. The van der Waals surface area contributed by atoms with E-state index in [4.69, 9.17) is 27.9 Å². The largest absolute Gasteiger partial charge is 0.415 e. The molecular formula is C33H39Cl2N3O5. The average molecular weight is 629 g/mol. The van der Waals surface area contributed by atoms with Crippen molar-refractivity contribution in [1.82, 2.24) is 15.5 Å². The van der Waals surface area contributed by atoms with E-state index in [-0.39, 0.29) is 41.9 Å². The molecule has 2 aromatic rings. The number of hydrogen-bond donors (Lipinski definition) is 2. The Bertz CT molecular complexity index is 1330. The minimum absolute atomic E-state index is 0.108. The van der Waals surface area contributed by atoms with Gasteiger partial charge in [-0.2, -0.15) is 0 Å². The number of benzene rings is 2. The topological polar surface area (TPSA) is 105 Å². The van der Waals surface area contributed by atoms with Gasteiger partial charge < -0.3 is 20.2 Å². The third kappa shape index (κ3) is 8.09. The van der Waals surface area contributed by atoms with Gasteiger partial charge in [-0.15, -0.1) is 0 Å². The van der Waals surface area contributed by atoms with E-state index < -0.39 is 24.1 Å². The molecule has 1 heterocycles. The number of amides is 3. The number of halogens is 2. The molecule has 8 nitrogen and oxygen atoms in total. The summed E-state index contributed by atoms with van der Waals surface area (Å²) in [5.41, 5.74) is 0.644. The predicted octanol–water partition coefficient (Wildman–Crippen LogP) is 6.07. The SMILES string of the molecule is O=C[C@H](C[C@@H]1CCNC1=O)NC(=O)[C@H](CC1CCCCC1)N(CC1(c2cccc(Cl)c2)CC1)C(=O)Oc1cccc(Cl)c1. The van der Waals surface area contributed by atoms with Crippen LogP contribution in [0.4, 0.5) is 4.79 Å². The van der Waals surface area contributed by atoms with Gasteiger partial charge in [-0.1, -0.05) is 73.5 Å². The molecule has 0 bridgehead atoms. The molecule has 5 rings (SSSR count). The van der Waals surface area contributed by atoms with E-state index in [0.29, 0.717) is 35.7 Å². The van der Waals surface area contributed by atoms with Gasteiger partial charge in [0, 0.05) is 34.5 Å². The van der Waals surface area contributed by atoms with Crippen LogP contribution in [-0.4, -0.2) is 54.3 Å². The molecule has 43 heavy (non-hydrogen) atoms. The maximum Gasteiger partial charge on any atom is 0.415 e. The number of aldehydes is 1. The summed E-state index contributed by atoms with van der Waals surface area (Å²) in [5, 5.41) is 6.71. The highest BCUT2D eigenvalue weighted by atomic mass is 35.5. The Hall–Kier alpha value is -3.10. The standard InChI is InChI=1S/C33H39Cl2N3O5/c34-25-9-4-8-24(18-25)33(13-14-33)21-38(32(42)43-28-11-5-10-26(35)19-28)29(16-22-6-2-1-3-7-22)31(41)37-27(20-39)17-23-12-15-36-30(23)40/h4-5,8-11,18-20,22-23,27,29H,1-3,6-7,12-17,21H2,(H,36,40)(H,37,41)/t23-,27-,29-/m0/s1. The van der Waals surface area contributed by atoms with Crippen LogP contribution in [0.15, 0.2) is 48.5 Å². The summed E-state index contributed by atoms with van der Waals surface area (Å²) in [4.78, 5) is 54.0. The van der Waals surface area contributed by atoms with Crippen molar-refractivity contribution in [3.63, 3.8) is 0 Å². The van der Waals surface area contributed by atoms with Crippen molar-refractivity contribution < 1.29 is 23.9 Å². The predicted molar refractivity (Wildman–Crippen MR) is 165 cm³/mol. The molecule has 230 valence electrons. The summed E-state index contributed by atoms with van der Waals surface area (Å²) in [5.74, 6) is -0.323. The molecule has 2 aliphatic carbocycles. The normalized spacial score (nSPS) is 20.9. The minimum Gasteiger partial charge on any atom is -0.410 e. The molecular weight excluding hydrogens is 589 g/mol. The zero-order chi connectivity index (χ0) is 30.4. The second-order valence-corrected chi connectivity index (χ2v) is 13.1. The Kier molecular flexibility index (Phi) is 10.3. The second-order valence-electron chi connectivity index (χ2n) is 12.3. The molecule has 2 N–H and O–H groups in total. The fourth-order valence-corrected chi connectivity index (χ4v) is 6.91. The maximum absolute atomic E-state index is 14.1. The Balaban J connectivity index is 1.45. The van der Waals surface area contributed by atoms with Crippen LogP contribution in [0, 0.1) is 11.8 Å². The van der Waals surface area contributed by atoms with E-state index in [1.807, 2.05) is 24.3 Å². The first-order chi connectivity index (χ1) is 20.8. The van der Waals surface area contributed by atoms with Crippen molar-refractivity contribution in [2.75, 3.05) is 13.1 Å². The molecule has 3 amide bonds. The smallest absolute Gasteiger partial charge is 0.410 e. The zero-order valence-corrected chi connectivity index (χ0v) is 25.7. The van der Waals surface area contributed by atoms with Crippen LogP contribution < -0.4 is 15.4 Å². The van der Waals surface area contributed by atoms with Gasteiger partial charge >= 0.3 is 6.09 Å². The minimum atomic E-state index is -0.869. The summed E-state index contributed by atoms with van der Waals surface area (Å²) < 4.78 is 5.84. The van der Waals surface area contributed by atoms with Crippen LogP contribution in [0.5, 0.6) is 5.75 Å². The molecule has 2 saturated carbocycles. The van der Waals surface area contributed by atoms with Crippen molar-refractivity contribution in [1.29, 1.82) is 0 Å². The van der Waals surface area contributed by atoms with E-state index >= 15 is 0 Å². The lowest BCUT2D eigenvalue weighted by Crippen LogP contribution is -2.55. The lowest BCUT2D eigenvalue weighted by molar-refractivity contribution is -0.130. The molecule has 1 saturated heterocycles. The highest BCUT2D eigenvalue weighted by Gasteiger charge is 2.49. The molecule has 3 fully saturated rings. The lowest BCUT2D eigenvalue weighted by atomic mass is 9.83. The first-order valence-electron chi connectivity index (χ1n) is 15.3. The first-order valence-corrected chi connectivity index (χ1v) is 16.1. The van der Waals surface area contributed by atoms with E-state index in [2.05, 4.69) is 10.6 Å². The quantitative estimate of drug-likeness (QED) is 0.278. The van der Waals surface area contributed by atoms with Crippen molar-refractivity contribution in [3.8, 4) is 5.75 Å². The van der Waals surface area contributed by atoms with Gasteiger partial charge in [0.15, 0.2) is 0 Å². The molecule has 0 unspecified atom stereocenters. The number of nitrogens with zero attached hydrogens (tertiary/aromatic N) is 1. The van der Waals surface area contributed by atoms with Crippen molar-refractivity contribution in [2.24, 2.45) is 11.8 Å². The average Bonchev–Trinajstić information content (AvgIpc) is 3.68. The summed E-state index contributed by atoms with van der Waals surface area (Å²) >= 11 is 12.5. The van der Waals surface area contributed by atoms with Crippen LogP contribution in [0.25, 0.3) is 0 Å². The van der Waals surface area contributed by atoms with Crippen molar-refractivity contribution >= 4 is 47.4 Å². The van der Waals surface area contributed by atoms with Crippen LogP contribution in [0.3, 0.4) is 0 Å². The summed E-state index contributed by atoms with van der Waals surface area (Å²) in [6.07, 6.45) is 8.24. The molecule has 3 aliphatic rings. The monoisotopic (exact) mass is 627 g/mol. The molecule has 10 heteroatoms. The van der Waals surface area contributed by atoms with Crippen molar-refractivity contribution in [3.05, 3.63) is 64.1 Å². The fraction of sp³-hybridized carbons (Fsp3) is 0.515. The summed E-state index contributed by atoms with van der Waals surface area (Å²) in [6, 6.07) is 12.5. The van der Waals surface area contributed by atoms with E-state index in [0.717, 1.165) is 50.5 Å². The Morgan fingerprint density at radius 2 is 1.74 bits per heavy atom. The number of carbonyl (C=O) groups excluding carboxylic acids is 4. The third-order valence-corrected chi connectivity index (χ3v) is 9.62. The Labute approximate surface area is 262 Å². The van der Waals surface area contributed by atoms with Crippen LogP contribution in [0.1, 0.15) is 69.8 Å². The number of hydrogen-bond acceptors (Lipinski definition) is 5. The molecule has 1 aliphatic heterocycles. The van der Waals surface area contributed by atoms with Gasteiger partial charge in [0.1, 0.15) is 18.1 Å². The van der Waals surface area contributed by atoms with Gasteiger partial charge in [0.25, 0.3) is 0 Å². The van der Waals surface area contributed by atoms with Gasteiger partial charge in [0.05, 0.1) is 6.04 Å². The molecule has 0 aromatic heterocycles. The highest BCUT2D eigenvalue weighted by Crippen LogP contribution is 2.50. The third-order valence-electron chi connectivity index (χ3n) is 9.15. The highest BCUT2D eigenvalue weighted by molar-refractivity contribution is 6.31. The molecule has 2 aromatic carbocycles. The number of nitrogens with one attached hydrogen (secondary N) is 2. The van der Waals surface area contributed by atoms with E-state index in [1.54, 1.807) is 29.2 Å². The van der Waals surface area contributed by atoms with Gasteiger partial charge in [0.2, 0.25) is 11.8 Å². The number of carbonyl (C=O) groups is 4. The summed E-state index contributed by atoms with van der Waals surface area (Å²) in [7, 11) is 0. The van der Waals surface area contributed by atoms with E-state index in [1.165, 1.54) is 0 Å². The Morgan fingerprint density at radius 3 is 2.37 bits per heavy atom.